The van der Waals surface area contributed by atoms with Crippen LogP contribution in [0.2, 0.25) is 10.0 Å². The van der Waals surface area contributed by atoms with E-state index in [2.05, 4.69) is 10.3 Å². The minimum Gasteiger partial charge on any atom is -0.302 e. The maximum Gasteiger partial charge on any atom is 0.266 e. The first-order valence-corrected chi connectivity index (χ1v) is 10.2. The van der Waals surface area contributed by atoms with E-state index in [1.165, 1.54) is 28.0 Å². The summed E-state index contributed by atoms with van der Waals surface area (Å²) in [5, 5.41) is 5.94. The fourth-order valence-corrected chi connectivity index (χ4v) is 4.44. The second kappa shape index (κ2) is 8.49. The van der Waals surface area contributed by atoms with Gasteiger partial charge in [0.2, 0.25) is 5.91 Å². The van der Waals surface area contributed by atoms with E-state index in [1.54, 1.807) is 35.9 Å². The zero-order chi connectivity index (χ0) is 18.7. The highest BCUT2D eigenvalue weighted by molar-refractivity contribution is 8.26. The highest BCUT2D eigenvalue weighted by atomic mass is 35.5. The molecule has 2 aromatic rings. The number of nitrogens with zero attached hydrogens (tertiary/aromatic N) is 2. The second-order valence-electron chi connectivity index (χ2n) is 5.13. The summed E-state index contributed by atoms with van der Waals surface area (Å²) in [6, 6.07) is 5.04. The van der Waals surface area contributed by atoms with Crippen LogP contribution in [0.1, 0.15) is 12.0 Å². The summed E-state index contributed by atoms with van der Waals surface area (Å²) in [5.41, 5.74) is 0.679. The number of carbonyl (C=O) groups is 2. The Morgan fingerprint density at radius 1 is 1.38 bits per heavy atom. The lowest BCUT2D eigenvalue weighted by molar-refractivity contribution is -0.122. The van der Waals surface area contributed by atoms with Crippen molar-refractivity contribution < 1.29 is 9.59 Å². The molecule has 0 bridgehead atoms. The molecular formula is C16H11Cl2N3O2S3. The molecule has 1 aromatic carbocycles. The van der Waals surface area contributed by atoms with Crippen LogP contribution >= 0.6 is 58.5 Å². The molecule has 0 spiro atoms. The van der Waals surface area contributed by atoms with E-state index >= 15 is 0 Å². The van der Waals surface area contributed by atoms with Crippen molar-refractivity contribution in [2.24, 2.45) is 0 Å². The van der Waals surface area contributed by atoms with Crippen LogP contribution in [0.3, 0.4) is 0 Å². The molecule has 2 amide bonds. The fraction of sp³-hybridized carbons (Fsp3) is 0.125. The van der Waals surface area contributed by atoms with Crippen molar-refractivity contribution in [2.75, 3.05) is 11.9 Å². The van der Waals surface area contributed by atoms with Crippen LogP contribution in [0, 0.1) is 0 Å². The summed E-state index contributed by atoms with van der Waals surface area (Å²) < 4.78 is 0.411. The zero-order valence-corrected chi connectivity index (χ0v) is 17.0. The minimum absolute atomic E-state index is 0.126. The Morgan fingerprint density at radius 3 is 2.88 bits per heavy atom. The van der Waals surface area contributed by atoms with Gasteiger partial charge in [0.15, 0.2) is 5.13 Å². The van der Waals surface area contributed by atoms with Gasteiger partial charge in [0, 0.05) is 34.6 Å². The Bertz CT molecular complexity index is 900. The average Bonchev–Trinajstić information content (AvgIpc) is 3.17. The minimum atomic E-state index is -0.243. The molecule has 1 fully saturated rings. The van der Waals surface area contributed by atoms with E-state index in [0.29, 0.717) is 30.0 Å². The van der Waals surface area contributed by atoms with Crippen LogP contribution < -0.4 is 5.32 Å². The van der Waals surface area contributed by atoms with Gasteiger partial charge in [-0.2, -0.15) is 0 Å². The Kier molecular flexibility index (Phi) is 6.31. The highest BCUT2D eigenvalue weighted by Crippen LogP contribution is 2.34. The third-order valence-corrected chi connectivity index (χ3v) is 5.99. The number of hydrogen-bond donors (Lipinski definition) is 1. The monoisotopic (exact) mass is 443 g/mol. The molecule has 0 radical (unpaired) electrons. The number of hydrogen-bond acceptors (Lipinski definition) is 6. The summed E-state index contributed by atoms with van der Waals surface area (Å²) >= 11 is 19.8. The lowest BCUT2D eigenvalue weighted by Crippen LogP contribution is -2.31. The predicted octanol–water partition coefficient (Wildman–Crippen LogP) is 4.68. The number of rotatable bonds is 5. The molecule has 0 saturated carbocycles. The van der Waals surface area contributed by atoms with Crippen molar-refractivity contribution in [1.29, 1.82) is 0 Å². The largest absolute Gasteiger partial charge is 0.302 e. The Balaban J connectivity index is 1.65. The maximum atomic E-state index is 12.6. The molecule has 26 heavy (non-hydrogen) atoms. The third-order valence-electron chi connectivity index (χ3n) is 3.36. The molecule has 0 unspecified atom stereocenters. The zero-order valence-electron chi connectivity index (χ0n) is 13.1. The van der Waals surface area contributed by atoms with E-state index < -0.39 is 0 Å². The van der Waals surface area contributed by atoms with Gasteiger partial charge in [0.05, 0.1) is 4.91 Å². The Morgan fingerprint density at radius 2 is 2.19 bits per heavy atom. The topological polar surface area (TPSA) is 62.3 Å². The number of anilines is 1. The van der Waals surface area contributed by atoms with Gasteiger partial charge in [-0.25, -0.2) is 4.98 Å². The highest BCUT2D eigenvalue weighted by Gasteiger charge is 2.32. The number of thiazole rings is 1. The van der Waals surface area contributed by atoms with Crippen molar-refractivity contribution in [1.82, 2.24) is 9.88 Å². The van der Waals surface area contributed by atoms with Crippen molar-refractivity contribution >= 4 is 85.9 Å². The second-order valence-corrected chi connectivity index (χ2v) is 8.55. The van der Waals surface area contributed by atoms with Crippen LogP contribution in [0.4, 0.5) is 5.13 Å². The predicted molar refractivity (Wildman–Crippen MR) is 112 cm³/mol. The van der Waals surface area contributed by atoms with Gasteiger partial charge in [-0.1, -0.05) is 53.2 Å². The molecule has 1 saturated heterocycles. The van der Waals surface area contributed by atoms with E-state index in [1.807, 2.05) is 0 Å². The quantitative estimate of drug-likeness (QED) is 0.536. The van der Waals surface area contributed by atoms with Gasteiger partial charge in [-0.05, 0) is 23.8 Å². The molecule has 134 valence electrons. The summed E-state index contributed by atoms with van der Waals surface area (Å²) in [6.07, 6.45) is 3.41. The number of nitrogens with one attached hydrogen (secondary N) is 1. The Labute approximate surface area is 173 Å². The van der Waals surface area contributed by atoms with Gasteiger partial charge >= 0.3 is 0 Å². The van der Waals surface area contributed by atoms with Gasteiger partial charge in [-0.15, -0.1) is 11.3 Å². The fourth-order valence-electron chi connectivity index (χ4n) is 2.13. The molecule has 5 nitrogen and oxygen atoms in total. The average molecular weight is 444 g/mol. The molecule has 1 aromatic heterocycles. The maximum absolute atomic E-state index is 12.6. The first-order valence-electron chi connectivity index (χ1n) is 7.34. The number of benzene rings is 1. The first-order chi connectivity index (χ1) is 12.4. The van der Waals surface area contributed by atoms with Crippen molar-refractivity contribution in [3.8, 4) is 0 Å². The van der Waals surface area contributed by atoms with E-state index in [-0.39, 0.29) is 24.8 Å². The standard InChI is InChI=1S/C16H11Cl2N3O2S3/c17-10-2-1-9(11(18)8-10)7-12-14(23)21(16(24)26-12)5-3-13(22)20-15-19-4-6-25-15/h1-2,4,6-8H,3,5H2,(H,19,20,22). The molecule has 1 aliphatic heterocycles. The summed E-state index contributed by atoms with van der Waals surface area (Å²) in [7, 11) is 0. The van der Waals surface area contributed by atoms with Gasteiger partial charge in [0.1, 0.15) is 4.32 Å². The third kappa shape index (κ3) is 4.63. The molecule has 2 heterocycles. The first kappa shape index (κ1) is 19.3. The SMILES string of the molecule is O=C(CCN1C(=O)C(=Cc2ccc(Cl)cc2Cl)SC1=S)Nc1nccs1. The Hall–Kier alpha value is -1.45. The van der Waals surface area contributed by atoms with Gasteiger partial charge in [0.25, 0.3) is 5.91 Å². The number of thiocarbonyl (C=S) groups is 1. The lowest BCUT2D eigenvalue weighted by atomic mass is 10.2. The van der Waals surface area contributed by atoms with E-state index in [4.69, 9.17) is 35.4 Å². The summed E-state index contributed by atoms with van der Waals surface area (Å²) in [6.45, 7) is 0.202. The van der Waals surface area contributed by atoms with Crippen LogP contribution in [-0.4, -0.2) is 32.6 Å². The normalized spacial score (nSPS) is 15.8. The molecule has 0 atom stereocenters. The van der Waals surface area contributed by atoms with Crippen LogP contribution in [-0.2, 0) is 9.59 Å². The number of aromatic nitrogens is 1. The molecular weight excluding hydrogens is 433 g/mol. The lowest BCUT2D eigenvalue weighted by Gasteiger charge is -2.13. The van der Waals surface area contributed by atoms with E-state index in [0.717, 1.165) is 0 Å². The van der Waals surface area contributed by atoms with Crippen LogP contribution in [0.15, 0.2) is 34.7 Å². The van der Waals surface area contributed by atoms with Crippen LogP contribution in [0.25, 0.3) is 6.08 Å². The number of carbonyl (C=O) groups excluding carboxylic acids is 2. The van der Waals surface area contributed by atoms with Crippen LogP contribution in [0.5, 0.6) is 0 Å². The van der Waals surface area contributed by atoms with Crippen molar-refractivity contribution in [3.63, 3.8) is 0 Å². The summed E-state index contributed by atoms with van der Waals surface area (Å²) in [4.78, 5) is 30.4. The molecule has 1 aliphatic rings. The van der Waals surface area contributed by atoms with E-state index in [9.17, 15) is 9.59 Å². The summed E-state index contributed by atoms with van der Waals surface area (Å²) in [5.74, 6) is -0.466. The number of halogens is 2. The molecule has 1 N–H and O–H groups in total. The number of amides is 2. The smallest absolute Gasteiger partial charge is 0.266 e. The molecule has 0 aliphatic carbocycles. The molecule has 10 heteroatoms. The van der Waals surface area contributed by atoms with Gasteiger partial charge < -0.3 is 5.32 Å². The van der Waals surface area contributed by atoms with Crippen molar-refractivity contribution in [2.45, 2.75) is 6.42 Å². The van der Waals surface area contributed by atoms with Gasteiger partial charge in [-0.3, -0.25) is 14.5 Å². The van der Waals surface area contributed by atoms with Crippen molar-refractivity contribution in [3.05, 3.63) is 50.3 Å². The molecule has 3 rings (SSSR count). The number of thioether (sulfide) groups is 1.